The second kappa shape index (κ2) is 5.93. The number of phenolic OH excluding ortho intramolecular Hbond substituents is 1. The lowest BCUT2D eigenvalue weighted by Gasteiger charge is -1.98. The smallest absolute Gasteiger partial charge is 0.357 e. The van der Waals surface area contributed by atoms with Crippen LogP contribution in [0.4, 0.5) is 11.4 Å². The van der Waals surface area contributed by atoms with Crippen LogP contribution in [0.15, 0.2) is 27.8 Å². The summed E-state index contributed by atoms with van der Waals surface area (Å²) in [5.41, 5.74) is -3.66. The number of nitro benzene ring substituents is 1. The Labute approximate surface area is 125 Å². The minimum absolute atomic E-state index is 0.227. The van der Waals surface area contributed by atoms with Gasteiger partial charge >= 0.3 is 22.6 Å². The van der Waals surface area contributed by atoms with E-state index in [0.717, 1.165) is 18.2 Å². The van der Waals surface area contributed by atoms with Gasteiger partial charge in [-0.1, -0.05) is 12.1 Å². The van der Waals surface area contributed by atoms with Crippen LogP contribution in [0.3, 0.4) is 0 Å². The van der Waals surface area contributed by atoms with Crippen LogP contribution in [0.2, 0.25) is 0 Å². The fraction of sp³-hybridized carbons (Fsp3) is 0. The van der Waals surface area contributed by atoms with Gasteiger partial charge in [-0.15, -0.1) is 0 Å². The highest BCUT2D eigenvalue weighted by atomic mass is 16.6. The van der Waals surface area contributed by atoms with E-state index in [9.17, 15) is 34.9 Å². The second-order valence-electron chi connectivity index (χ2n) is 4.27. The van der Waals surface area contributed by atoms with Gasteiger partial charge < -0.3 is 10.1 Å². The van der Waals surface area contributed by atoms with Crippen LogP contribution in [0, 0.1) is 20.2 Å². The summed E-state index contributed by atoms with van der Waals surface area (Å²) in [7, 11) is 0. The van der Waals surface area contributed by atoms with Gasteiger partial charge in [0.1, 0.15) is 5.69 Å². The zero-order valence-corrected chi connectivity index (χ0v) is 11.2. The SMILES string of the molecule is O=c1[nH]c(/C=C\c2ccc(O)c([N+](=O)[O-])c2)c([N+](=O)[O-])c(=O)[nH]1. The lowest BCUT2D eigenvalue weighted by atomic mass is 10.1. The standard InChI is InChI=1S/C12H8N4O7/c17-9-4-2-6(5-8(9)15(20)21)1-3-7-10(16(22)23)11(18)14-12(19)13-7/h1-5,17H,(H2,13,14,18,19)/b3-1-. The maximum absolute atomic E-state index is 11.4. The molecule has 0 aliphatic rings. The van der Waals surface area contributed by atoms with E-state index in [1.165, 1.54) is 12.1 Å². The van der Waals surface area contributed by atoms with Crippen LogP contribution >= 0.6 is 0 Å². The van der Waals surface area contributed by atoms with Crippen LogP contribution in [-0.2, 0) is 0 Å². The largest absolute Gasteiger partial charge is 0.502 e. The number of nitrogens with zero attached hydrogens (tertiary/aromatic N) is 2. The molecule has 1 aromatic heterocycles. The molecule has 0 amide bonds. The van der Waals surface area contributed by atoms with E-state index in [1.807, 2.05) is 0 Å². The Balaban J connectivity index is 2.51. The molecular weight excluding hydrogens is 312 g/mol. The number of aromatic nitrogens is 2. The first-order chi connectivity index (χ1) is 10.8. The van der Waals surface area contributed by atoms with Crippen LogP contribution in [0.5, 0.6) is 5.75 Å². The minimum atomic E-state index is -1.17. The van der Waals surface area contributed by atoms with Crippen molar-refractivity contribution >= 4 is 23.5 Å². The summed E-state index contributed by atoms with van der Waals surface area (Å²) < 4.78 is 0. The van der Waals surface area contributed by atoms with Gasteiger partial charge in [0.2, 0.25) is 0 Å². The zero-order valence-electron chi connectivity index (χ0n) is 11.2. The Morgan fingerprint density at radius 1 is 1.04 bits per heavy atom. The molecule has 0 saturated heterocycles. The van der Waals surface area contributed by atoms with Crippen LogP contribution < -0.4 is 11.2 Å². The molecule has 11 nitrogen and oxygen atoms in total. The molecule has 1 aromatic carbocycles. The highest BCUT2D eigenvalue weighted by Crippen LogP contribution is 2.27. The lowest BCUT2D eigenvalue weighted by molar-refractivity contribution is -0.386. The number of nitro groups is 2. The number of hydrogen-bond donors (Lipinski definition) is 3. The molecule has 0 aliphatic heterocycles. The van der Waals surface area contributed by atoms with Crippen molar-refractivity contribution < 1.29 is 15.0 Å². The molecule has 0 bridgehead atoms. The first-order valence-corrected chi connectivity index (χ1v) is 5.96. The van der Waals surface area contributed by atoms with E-state index < -0.39 is 38.2 Å². The highest BCUT2D eigenvalue weighted by Gasteiger charge is 2.19. The molecule has 1 heterocycles. The topological polar surface area (TPSA) is 172 Å². The molecule has 0 radical (unpaired) electrons. The molecule has 0 saturated carbocycles. The third-order valence-electron chi connectivity index (χ3n) is 2.77. The normalized spacial score (nSPS) is 10.8. The third kappa shape index (κ3) is 3.29. The van der Waals surface area contributed by atoms with Crippen molar-refractivity contribution in [3.8, 4) is 5.75 Å². The number of benzene rings is 1. The van der Waals surface area contributed by atoms with Gasteiger partial charge in [-0.2, -0.15) is 0 Å². The van der Waals surface area contributed by atoms with Gasteiger partial charge in [0, 0.05) is 6.07 Å². The Hall–Kier alpha value is -3.76. The number of aromatic hydroxyl groups is 1. The molecule has 11 heteroatoms. The Morgan fingerprint density at radius 2 is 1.74 bits per heavy atom. The van der Waals surface area contributed by atoms with E-state index in [4.69, 9.17) is 0 Å². The van der Waals surface area contributed by atoms with E-state index in [0.29, 0.717) is 0 Å². The maximum Gasteiger partial charge on any atom is 0.357 e. The number of phenols is 1. The van der Waals surface area contributed by atoms with Crippen LogP contribution in [0.1, 0.15) is 11.3 Å². The molecule has 0 unspecified atom stereocenters. The van der Waals surface area contributed by atoms with Crippen molar-refractivity contribution in [3.05, 3.63) is 70.5 Å². The fourth-order valence-electron chi connectivity index (χ4n) is 1.77. The first kappa shape index (κ1) is 15.6. The van der Waals surface area contributed by atoms with Crippen molar-refractivity contribution in [1.82, 2.24) is 9.97 Å². The summed E-state index contributed by atoms with van der Waals surface area (Å²) in [6.07, 6.45) is 2.27. The number of H-pyrrole nitrogens is 2. The summed E-state index contributed by atoms with van der Waals surface area (Å²) in [5.74, 6) is -0.539. The van der Waals surface area contributed by atoms with E-state index in [-0.39, 0.29) is 11.3 Å². The monoisotopic (exact) mass is 320 g/mol. The molecule has 2 aromatic rings. The van der Waals surface area contributed by atoms with Gasteiger partial charge in [-0.05, 0) is 17.7 Å². The van der Waals surface area contributed by atoms with Crippen molar-refractivity contribution in [2.24, 2.45) is 0 Å². The second-order valence-corrected chi connectivity index (χ2v) is 4.27. The van der Waals surface area contributed by atoms with Crippen molar-refractivity contribution in [2.75, 3.05) is 0 Å². The molecule has 0 atom stereocenters. The Bertz CT molecular complexity index is 941. The Morgan fingerprint density at radius 3 is 2.35 bits per heavy atom. The third-order valence-corrected chi connectivity index (χ3v) is 2.77. The van der Waals surface area contributed by atoms with Gasteiger partial charge in [0.05, 0.1) is 9.85 Å². The number of nitrogens with one attached hydrogen (secondary N) is 2. The number of rotatable bonds is 4. The molecule has 0 aliphatic carbocycles. The predicted octanol–water partition coefficient (Wildman–Crippen LogP) is 0.756. The lowest BCUT2D eigenvalue weighted by Crippen LogP contribution is -2.25. The molecule has 23 heavy (non-hydrogen) atoms. The molecular formula is C12H8N4O7. The highest BCUT2D eigenvalue weighted by molar-refractivity contribution is 5.73. The minimum Gasteiger partial charge on any atom is -0.502 e. The summed E-state index contributed by atoms with van der Waals surface area (Å²) in [6, 6.07) is 3.42. The molecule has 2 rings (SSSR count). The average Bonchev–Trinajstić information content (AvgIpc) is 2.44. The molecule has 0 fully saturated rings. The fourth-order valence-corrected chi connectivity index (χ4v) is 1.77. The van der Waals surface area contributed by atoms with Gasteiger partial charge in [-0.25, -0.2) is 4.79 Å². The summed E-state index contributed by atoms with van der Waals surface area (Å²) in [5, 5.41) is 30.9. The van der Waals surface area contributed by atoms with Gasteiger partial charge in [0.15, 0.2) is 5.75 Å². The summed E-state index contributed by atoms with van der Waals surface area (Å²) in [4.78, 5) is 46.3. The number of aromatic amines is 2. The average molecular weight is 320 g/mol. The number of hydrogen-bond acceptors (Lipinski definition) is 7. The molecule has 0 spiro atoms. The zero-order chi connectivity index (χ0) is 17.1. The van der Waals surface area contributed by atoms with E-state index in [1.54, 1.807) is 4.98 Å². The van der Waals surface area contributed by atoms with E-state index in [2.05, 4.69) is 4.98 Å². The predicted molar refractivity (Wildman–Crippen MR) is 78.0 cm³/mol. The maximum atomic E-state index is 11.4. The Kier molecular flexibility index (Phi) is 4.03. The first-order valence-electron chi connectivity index (χ1n) is 5.96. The summed E-state index contributed by atoms with van der Waals surface area (Å²) >= 11 is 0. The van der Waals surface area contributed by atoms with Crippen molar-refractivity contribution in [3.63, 3.8) is 0 Å². The van der Waals surface area contributed by atoms with Gasteiger partial charge in [0.25, 0.3) is 0 Å². The van der Waals surface area contributed by atoms with Crippen molar-refractivity contribution in [2.45, 2.75) is 0 Å². The van der Waals surface area contributed by atoms with Gasteiger partial charge in [-0.3, -0.25) is 30.0 Å². The van der Waals surface area contributed by atoms with Crippen molar-refractivity contribution in [1.29, 1.82) is 0 Å². The van der Waals surface area contributed by atoms with Crippen LogP contribution in [-0.4, -0.2) is 24.9 Å². The van der Waals surface area contributed by atoms with E-state index >= 15 is 0 Å². The molecule has 118 valence electrons. The quantitative estimate of drug-likeness (QED) is 0.550. The molecule has 3 N–H and O–H groups in total. The summed E-state index contributed by atoms with van der Waals surface area (Å²) in [6.45, 7) is 0. The van der Waals surface area contributed by atoms with Crippen LogP contribution in [0.25, 0.3) is 12.2 Å².